The van der Waals surface area contributed by atoms with Gasteiger partial charge in [-0.05, 0) is 38.0 Å². The van der Waals surface area contributed by atoms with Crippen LogP contribution in [0.2, 0.25) is 0 Å². The summed E-state index contributed by atoms with van der Waals surface area (Å²) < 4.78 is 0. The summed E-state index contributed by atoms with van der Waals surface area (Å²) in [6.07, 6.45) is 10.5. The van der Waals surface area contributed by atoms with Crippen LogP contribution in [0.15, 0.2) is 0 Å². The first-order valence-corrected chi connectivity index (χ1v) is 7.53. The lowest BCUT2D eigenvalue weighted by atomic mass is 9.87. The number of carbonyl (C=O) groups is 2. The molecular weight excluding hydrogens is 252 g/mol. The van der Waals surface area contributed by atoms with Gasteiger partial charge in [0, 0.05) is 19.5 Å². The van der Waals surface area contributed by atoms with Crippen LogP contribution in [0, 0.1) is 18.3 Å². The van der Waals surface area contributed by atoms with E-state index < -0.39 is 6.04 Å². The van der Waals surface area contributed by atoms with Crippen molar-refractivity contribution in [3.8, 4) is 12.3 Å². The van der Waals surface area contributed by atoms with Crippen molar-refractivity contribution in [2.45, 2.75) is 65.0 Å². The molecule has 1 fully saturated rings. The number of hydrogen-bond acceptors (Lipinski definition) is 2. The van der Waals surface area contributed by atoms with Gasteiger partial charge in [-0.1, -0.05) is 19.8 Å². The first-order chi connectivity index (χ1) is 9.49. The summed E-state index contributed by atoms with van der Waals surface area (Å²) in [5.74, 6) is 2.83. The molecule has 0 saturated heterocycles. The van der Waals surface area contributed by atoms with Crippen molar-refractivity contribution in [3.05, 3.63) is 0 Å². The van der Waals surface area contributed by atoms with Crippen LogP contribution in [0.25, 0.3) is 0 Å². The normalized spacial score (nSPS) is 23.5. The van der Waals surface area contributed by atoms with Gasteiger partial charge >= 0.3 is 0 Å². The molecule has 1 aliphatic rings. The maximum atomic E-state index is 12.3. The molecule has 0 spiro atoms. The number of nitrogens with zero attached hydrogens (tertiary/aromatic N) is 1. The van der Waals surface area contributed by atoms with Crippen LogP contribution in [0.4, 0.5) is 0 Å². The fraction of sp³-hybridized carbons (Fsp3) is 0.750. The summed E-state index contributed by atoms with van der Waals surface area (Å²) >= 11 is 0. The van der Waals surface area contributed by atoms with Crippen molar-refractivity contribution < 1.29 is 9.59 Å². The van der Waals surface area contributed by atoms with Crippen molar-refractivity contribution in [2.75, 3.05) is 6.54 Å². The van der Waals surface area contributed by atoms with E-state index in [2.05, 4.69) is 18.2 Å². The third-order valence-corrected chi connectivity index (χ3v) is 3.95. The second-order valence-electron chi connectivity index (χ2n) is 5.75. The first-order valence-electron chi connectivity index (χ1n) is 7.53. The van der Waals surface area contributed by atoms with Gasteiger partial charge < -0.3 is 10.2 Å². The van der Waals surface area contributed by atoms with Gasteiger partial charge in [-0.2, -0.15) is 0 Å². The van der Waals surface area contributed by atoms with Crippen molar-refractivity contribution >= 4 is 11.8 Å². The third-order valence-electron chi connectivity index (χ3n) is 3.95. The molecule has 0 radical (unpaired) electrons. The zero-order chi connectivity index (χ0) is 15.1. The molecular formula is C16H26N2O2. The fourth-order valence-electron chi connectivity index (χ4n) is 2.70. The van der Waals surface area contributed by atoms with Crippen LogP contribution in [0.5, 0.6) is 0 Å². The fourth-order valence-corrected chi connectivity index (χ4v) is 2.70. The highest BCUT2D eigenvalue weighted by molar-refractivity contribution is 5.89. The Hall–Kier alpha value is -1.50. The van der Waals surface area contributed by atoms with Gasteiger partial charge in [0.15, 0.2) is 6.04 Å². The SMILES string of the molecule is C#C[C@@H](C(=O)NC1CCC(C)CC1)N(CCC)C(C)=O. The number of carbonyl (C=O) groups excluding carboxylic acids is 2. The molecule has 112 valence electrons. The van der Waals surface area contributed by atoms with Gasteiger partial charge in [-0.25, -0.2) is 0 Å². The second-order valence-corrected chi connectivity index (χ2v) is 5.75. The highest BCUT2D eigenvalue weighted by atomic mass is 16.2. The lowest BCUT2D eigenvalue weighted by Crippen LogP contribution is -2.51. The average Bonchev–Trinajstić information content (AvgIpc) is 2.41. The van der Waals surface area contributed by atoms with Gasteiger partial charge in [0.1, 0.15) is 0 Å². The number of terminal acetylenes is 1. The quantitative estimate of drug-likeness (QED) is 0.781. The standard InChI is InChI=1S/C16H26N2O2/c1-5-11-18(13(4)19)15(6-2)16(20)17-14-9-7-12(3)8-10-14/h2,12,14-15H,5,7-11H2,1,3-4H3,(H,17,20)/t12?,14?,15-/m0/s1. The van der Waals surface area contributed by atoms with E-state index in [9.17, 15) is 9.59 Å². The Labute approximate surface area is 122 Å². The van der Waals surface area contributed by atoms with Gasteiger partial charge in [-0.15, -0.1) is 6.42 Å². The Balaban J connectivity index is 2.62. The molecule has 0 aromatic heterocycles. The van der Waals surface area contributed by atoms with Gasteiger partial charge in [0.2, 0.25) is 5.91 Å². The van der Waals surface area contributed by atoms with Crippen LogP contribution in [0.1, 0.15) is 52.9 Å². The topological polar surface area (TPSA) is 49.4 Å². The van der Waals surface area contributed by atoms with Gasteiger partial charge in [0.25, 0.3) is 5.91 Å². The van der Waals surface area contributed by atoms with Crippen molar-refractivity contribution in [3.63, 3.8) is 0 Å². The summed E-state index contributed by atoms with van der Waals surface area (Å²) in [6.45, 7) is 6.17. The monoisotopic (exact) mass is 278 g/mol. The van der Waals surface area contributed by atoms with Crippen LogP contribution in [0.3, 0.4) is 0 Å². The van der Waals surface area contributed by atoms with Crippen LogP contribution in [-0.2, 0) is 9.59 Å². The highest BCUT2D eigenvalue weighted by Crippen LogP contribution is 2.23. The van der Waals surface area contributed by atoms with E-state index in [1.165, 1.54) is 11.8 Å². The Morgan fingerprint density at radius 2 is 1.95 bits per heavy atom. The summed E-state index contributed by atoms with van der Waals surface area (Å²) in [6, 6.07) is -0.586. The molecule has 4 nitrogen and oxygen atoms in total. The summed E-state index contributed by atoms with van der Waals surface area (Å²) in [5.41, 5.74) is 0. The second kappa shape index (κ2) is 7.94. The Bertz CT molecular complexity index is 378. The molecule has 0 bridgehead atoms. The maximum absolute atomic E-state index is 12.3. The molecule has 0 aromatic carbocycles. The Morgan fingerprint density at radius 3 is 2.40 bits per heavy atom. The minimum atomic E-state index is -0.785. The molecule has 1 N–H and O–H groups in total. The van der Waals surface area contributed by atoms with E-state index in [-0.39, 0.29) is 17.9 Å². The minimum Gasteiger partial charge on any atom is -0.351 e. The lowest BCUT2D eigenvalue weighted by Gasteiger charge is -2.30. The summed E-state index contributed by atoms with van der Waals surface area (Å²) in [4.78, 5) is 25.4. The molecule has 0 unspecified atom stereocenters. The van der Waals surface area contributed by atoms with Crippen molar-refractivity contribution in [1.29, 1.82) is 0 Å². The molecule has 1 saturated carbocycles. The largest absolute Gasteiger partial charge is 0.351 e. The van der Waals surface area contributed by atoms with E-state index in [0.29, 0.717) is 6.54 Å². The van der Waals surface area contributed by atoms with E-state index >= 15 is 0 Å². The van der Waals surface area contributed by atoms with E-state index in [4.69, 9.17) is 6.42 Å². The highest BCUT2D eigenvalue weighted by Gasteiger charge is 2.28. The molecule has 0 heterocycles. The number of amides is 2. The molecule has 2 amide bonds. The van der Waals surface area contributed by atoms with E-state index in [1.807, 2.05) is 6.92 Å². The zero-order valence-corrected chi connectivity index (χ0v) is 12.8. The minimum absolute atomic E-state index is 0.151. The predicted octanol–water partition coefficient (Wildman–Crippen LogP) is 1.94. The smallest absolute Gasteiger partial charge is 0.255 e. The van der Waals surface area contributed by atoms with Crippen LogP contribution in [-0.4, -0.2) is 35.3 Å². The lowest BCUT2D eigenvalue weighted by molar-refractivity contribution is -0.137. The van der Waals surface area contributed by atoms with Crippen molar-refractivity contribution in [1.82, 2.24) is 10.2 Å². The maximum Gasteiger partial charge on any atom is 0.255 e. The van der Waals surface area contributed by atoms with Gasteiger partial charge in [-0.3, -0.25) is 9.59 Å². The molecule has 1 atom stereocenters. The molecule has 20 heavy (non-hydrogen) atoms. The van der Waals surface area contributed by atoms with Crippen LogP contribution < -0.4 is 5.32 Å². The Kier molecular flexibility index (Phi) is 6.57. The predicted molar refractivity (Wildman–Crippen MR) is 79.9 cm³/mol. The van der Waals surface area contributed by atoms with Crippen LogP contribution >= 0.6 is 0 Å². The molecule has 1 aliphatic carbocycles. The first kappa shape index (κ1) is 16.6. The number of hydrogen-bond donors (Lipinski definition) is 1. The Morgan fingerprint density at radius 1 is 1.35 bits per heavy atom. The molecule has 0 aliphatic heterocycles. The third kappa shape index (κ3) is 4.56. The zero-order valence-electron chi connectivity index (χ0n) is 12.8. The molecule has 1 rings (SSSR count). The van der Waals surface area contributed by atoms with Crippen molar-refractivity contribution in [2.24, 2.45) is 5.92 Å². The molecule has 0 aromatic rings. The summed E-state index contributed by atoms with van der Waals surface area (Å²) in [5, 5.41) is 3.01. The number of nitrogens with one attached hydrogen (secondary N) is 1. The van der Waals surface area contributed by atoms with Gasteiger partial charge in [0.05, 0.1) is 0 Å². The number of rotatable bonds is 5. The molecule has 4 heteroatoms. The van der Waals surface area contributed by atoms with E-state index in [0.717, 1.165) is 38.0 Å². The summed E-state index contributed by atoms with van der Waals surface area (Å²) in [7, 11) is 0. The average molecular weight is 278 g/mol. The van der Waals surface area contributed by atoms with E-state index in [1.54, 1.807) is 0 Å².